The van der Waals surface area contributed by atoms with E-state index in [4.69, 9.17) is 4.74 Å². The summed E-state index contributed by atoms with van der Waals surface area (Å²) in [4.78, 5) is 41.9. The molecule has 4 aliphatic carbocycles. The number of ketones is 2. The number of fused-ring (bicyclic) bond motifs is 5. The minimum atomic E-state index is -0.521. The third kappa shape index (κ3) is 3.54. The SMILES string of the molecule is CC(=O)[C@H]1CC[C@H]2[C@@H]3C=CC4=CC(=O)CC[C@@]4(C)[C@@H]3[C@@H](OC(=O)Nc3ccccn3)C[C@]12C. The van der Waals surface area contributed by atoms with Crippen molar-refractivity contribution in [3.63, 3.8) is 0 Å². The summed E-state index contributed by atoms with van der Waals surface area (Å²) in [6.07, 6.45) is 10.7. The highest BCUT2D eigenvalue weighted by Gasteiger charge is 2.63. The van der Waals surface area contributed by atoms with Gasteiger partial charge in [-0.05, 0) is 79.1 Å². The smallest absolute Gasteiger partial charge is 0.413 e. The van der Waals surface area contributed by atoms with Gasteiger partial charge in [-0.2, -0.15) is 0 Å². The molecule has 2 saturated carbocycles. The maximum Gasteiger partial charge on any atom is 0.413 e. The number of Topliss-reactive ketones (excluding diaryl/α,β-unsaturated/α-hetero) is 1. The molecule has 174 valence electrons. The molecule has 1 heterocycles. The molecule has 0 saturated heterocycles. The number of allylic oxidation sites excluding steroid dienone is 4. The Morgan fingerprint density at radius 2 is 2.03 bits per heavy atom. The largest absolute Gasteiger partial charge is 0.446 e. The Labute approximate surface area is 194 Å². The molecule has 1 N–H and O–H groups in total. The predicted octanol–water partition coefficient (Wildman–Crippen LogP) is 5.12. The van der Waals surface area contributed by atoms with Gasteiger partial charge in [0.25, 0.3) is 0 Å². The molecule has 0 unspecified atom stereocenters. The first-order valence-corrected chi connectivity index (χ1v) is 12.0. The summed E-state index contributed by atoms with van der Waals surface area (Å²) in [7, 11) is 0. The Morgan fingerprint density at radius 1 is 1.21 bits per heavy atom. The minimum Gasteiger partial charge on any atom is -0.446 e. The number of amides is 1. The molecule has 0 bridgehead atoms. The van der Waals surface area contributed by atoms with E-state index in [1.807, 2.05) is 6.07 Å². The first-order valence-electron chi connectivity index (χ1n) is 12.0. The van der Waals surface area contributed by atoms with Gasteiger partial charge in [-0.1, -0.05) is 32.1 Å². The average Bonchev–Trinajstić information content (AvgIpc) is 3.11. The highest BCUT2D eigenvalue weighted by molar-refractivity contribution is 5.92. The summed E-state index contributed by atoms with van der Waals surface area (Å²) in [5.41, 5.74) is 0.595. The van der Waals surface area contributed by atoms with Crippen LogP contribution in [-0.2, 0) is 14.3 Å². The van der Waals surface area contributed by atoms with Gasteiger partial charge in [-0.25, -0.2) is 9.78 Å². The molecule has 6 nitrogen and oxygen atoms in total. The fourth-order valence-electron chi connectivity index (χ4n) is 7.58. The van der Waals surface area contributed by atoms with Gasteiger partial charge in [0.05, 0.1) is 0 Å². The molecular formula is C27H32N2O4. The molecule has 0 radical (unpaired) electrons. The first-order chi connectivity index (χ1) is 15.7. The number of hydrogen-bond acceptors (Lipinski definition) is 5. The lowest BCUT2D eigenvalue weighted by atomic mass is 9.47. The van der Waals surface area contributed by atoms with Crippen molar-refractivity contribution in [2.45, 2.75) is 59.0 Å². The molecular weight excluding hydrogens is 416 g/mol. The number of rotatable bonds is 3. The number of ether oxygens (including phenoxy) is 1. The van der Waals surface area contributed by atoms with E-state index in [1.54, 1.807) is 31.3 Å². The van der Waals surface area contributed by atoms with E-state index in [1.165, 1.54) is 0 Å². The van der Waals surface area contributed by atoms with Crippen molar-refractivity contribution < 1.29 is 19.1 Å². The summed E-state index contributed by atoms with van der Waals surface area (Å²) >= 11 is 0. The Hall–Kier alpha value is -2.76. The molecule has 2 fully saturated rings. The Balaban J connectivity index is 1.52. The quantitative estimate of drug-likeness (QED) is 0.694. The lowest BCUT2D eigenvalue weighted by Gasteiger charge is -2.58. The molecule has 7 atom stereocenters. The Bertz CT molecular complexity index is 1050. The second-order valence-corrected chi connectivity index (χ2v) is 10.8. The first kappa shape index (κ1) is 22.1. The van der Waals surface area contributed by atoms with Gasteiger partial charge < -0.3 is 4.74 Å². The van der Waals surface area contributed by atoms with Crippen LogP contribution in [0.2, 0.25) is 0 Å². The highest BCUT2D eigenvalue weighted by Crippen LogP contribution is 2.65. The summed E-state index contributed by atoms with van der Waals surface area (Å²) < 4.78 is 6.16. The molecule has 1 aromatic heterocycles. The van der Waals surface area contributed by atoms with Crippen LogP contribution in [0.3, 0.4) is 0 Å². The number of carbonyl (C=O) groups is 3. The minimum absolute atomic E-state index is 0.0144. The van der Waals surface area contributed by atoms with Crippen LogP contribution in [0.1, 0.15) is 52.9 Å². The molecule has 1 aromatic rings. The van der Waals surface area contributed by atoms with Crippen LogP contribution in [0.5, 0.6) is 0 Å². The van der Waals surface area contributed by atoms with Gasteiger partial charge >= 0.3 is 6.09 Å². The van der Waals surface area contributed by atoms with Gasteiger partial charge in [0, 0.05) is 24.5 Å². The number of hydrogen-bond donors (Lipinski definition) is 1. The molecule has 6 heteroatoms. The standard InChI is InChI=1S/C27H32N2O4/c1-16(30)20-9-10-21-19-8-7-17-14-18(31)11-12-26(17,2)24(19)22(15-27(20,21)3)33-25(32)29-23-6-4-5-13-28-23/h4-8,13-14,19-22,24H,9-12,15H2,1-3H3,(H,28,29,32)/t19-,20+,21-,22-,24-,26+,27+/m0/s1. The van der Waals surface area contributed by atoms with Crippen LogP contribution in [0.25, 0.3) is 0 Å². The van der Waals surface area contributed by atoms with Gasteiger partial charge in [0.2, 0.25) is 0 Å². The van der Waals surface area contributed by atoms with Gasteiger partial charge in [0.15, 0.2) is 5.78 Å². The van der Waals surface area contributed by atoms with E-state index in [2.05, 4.69) is 36.3 Å². The lowest BCUT2D eigenvalue weighted by Crippen LogP contribution is -2.57. The monoisotopic (exact) mass is 448 g/mol. The topological polar surface area (TPSA) is 85.4 Å². The van der Waals surface area contributed by atoms with Crippen LogP contribution in [0.4, 0.5) is 10.6 Å². The number of aromatic nitrogens is 1. The van der Waals surface area contributed by atoms with Crippen LogP contribution in [0.15, 0.2) is 48.2 Å². The van der Waals surface area contributed by atoms with Crippen LogP contribution >= 0.6 is 0 Å². The highest BCUT2D eigenvalue weighted by atomic mass is 16.6. The zero-order chi connectivity index (χ0) is 23.4. The molecule has 0 spiro atoms. The Morgan fingerprint density at radius 3 is 2.76 bits per heavy atom. The van der Waals surface area contributed by atoms with Crippen molar-refractivity contribution in [1.82, 2.24) is 4.98 Å². The fraction of sp³-hybridized carbons (Fsp3) is 0.556. The van der Waals surface area contributed by atoms with Crippen LogP contribution < -0.4 is 5.32 Å². The van der Waals surface area contributed by atoms with E-state index in [0.717, 1.165) is 24.8 Å². The maximum absolute atomic E-state index is 13.0. The van der Waals surface area contributed by atoms with E-state index in [0.29, 0.717) is 24.6 Å². The second-order valence-electron chi connectivity index (χ2n) is 10.8. The van der Waals surface area contributed by atoms with Gasteiger partial charge in [-0.3, -0.25) is 14.9 Å². The maximum atomic E-state index is 13.0. The number of pyridine rings is 1. The fourth-order valence-corrected chi connectivity index (χ4v) is 7.58. The summed E-state index contributed by atoms with van der Waals surface area (Å²) in [5.74, 6) is 1.46. The number of carbonyl (C=O) groups excluding carboxylic acids is 3. The molecule has 0 aromatic carbocycles. The van der Waals surface area contributed by atoms with Crippen molar-refractivity contribution in [2.75, 3.05) is 5.32 Å². The summed E-state index contributed by atoms with van der Waals surface area (Å²) in [6.45, 7) is 6.13. The van der Waals surface area contributed by atoms with E-state index in [9.17, 15) is 14.4 Å². The van der Waals surface area contributed by atoms with Crippen molar-refractivity contribution in [2.24, 2.45) is 34.5 Å². The molecule has 5 rings (SSSR count). The molecule has 4 aliphatic rings. The second kappa shape index (κ2) is 7.93. The van der Waals surface area contributed by atoms with Crippen molar-refractivity contribution >= 4 is 23.5 Å². The number of nitrogens with zero attached hydrogens (tertiary/aromatic N) is 1. The normalized spacial score (nSPS) is 39.1. The summed E-state index contributed by atoms with van der Waals surface area (Å²) in [5, 5.41) is 2.76. The third-order valence-corrected chi connectivity index (χ3v) is 9.07. The van der Waals surface area contributed by atoms with Crippen LogP contribution in [-0.4, -0.2) is 28.7 Å². The van der Waals surface area contributed by atoms with Crippen molar-refractivity contribution in [3.05, 3.63) is 48.2 Å². The molecule has 0 aliphatic heterocycles. The zero-order valence-electron chi connectivity index (χ0n) is 19.5. The van der Waals surface area contributed by atoms with Crippen molar-refractivity contribution in [1.29, 1.82) is 0 Å². The zero-order valence-corrected chi connectivity index (χ0v) is 19.5. The van der Waals surface area contributed by atoms with E-state index in [-0.39, 0.29) is 46.3 Å². The van der Waals surface area contributed by atoms with Crippen molar-refractivity contribution in [3.8, 4) is 0 Å². The molecule has 1 amide bonds. The Kier molecular flexibility index (Phi) is 5.30. The predicted molar refractivity (Wildman–Crippen MR) is 124 cm³/mol. The van der Waals surface area contributed by atoms with Crippen LogP contribution in [0, 0.1) is 34.5 Å². The van der Waals surface area contributed by atoms with E-state index >= 15 is 0 Å². The summed E-state index contributed by atoms with van der Waals surface area (Å²) in [6, 6.07) is 5.33. The van der Waals surface area contributed by atoms with E-state index < -0.39 is 6.09 Å². The van der Waals surface area contributed by atoms with Gasteiger partial charge in [-0.15, -0.1) is 0 Å². The number of anilines is 1. The molecule has 33 heavy (non-hydrogen) atoms. The lowest BCUT2D eigenvalue weighted by molar-refractivity contribution is -0.134. The average molecular weight is 449 g/mol. The third-order valence-electron chi connectivity index (χ3n) is 9.07. The van der Waals surface area contributed by atoms with Gasteiger partial charge in [0.1, 0.15) is 17.7 Å². The number of nitrogens with one attached hydrogen (secondary N) is 1.